The van der Waals surface area contributed by atoms with E-state index >= 15 is 0 Å². The molecule has 23 heavy (non-hydrogen) atoms. The minimum atomic E-state index is -0.520. The number of imide groups is 1. The monoisotopic (exact) mass is 311 g/mol. The van der Waals surface area contributed by atoms with Gasteiger partial charge in [0, 0.05) is 6.07 Å². The van der Waals surface area contributed by atoms with Crippen molar-refractivity contribution in [1.29, 1.82) is 0 Å². The summed E-state index contributed by atoms with van der Waals surface area (Å²) >= 11 is 0. The molecule has 4 atom stereocenters. The molecule has 0 N–H and O–H groups in total. The van der Waals surface area contributed by atoms with Crippen LogP contribution < -0.4 is 0 Å². The summed E-state index contributed by atoms with van der Waals surface area (Å²) in [6.45, 7) is 0. The highest BCUT2D eigenvalue weighted by Gasteiger charge is 2.59. The minimum Gasteiger partial charge on any atom is -0.272 e. The number of nitro groups is 1. The van der Waals surface area contributed by atoms with Crippen molar-refractivity contribution in [3.63, 3.8) is 0 Å². The number of hydrogen-bond donors (Lipinski definition) is 0. The molecule has 2 aliphatic carbocycles. The predicted molar refractivity (Wildman–Crippen MR) is 80.3 cm³/mol. The summed E-state index contributed by atoms with van der Waals surface area (Å²) in [7, 11) is 0. The Balaban J connectivity index is 1.62. The highest BCUT2D eigenvalue weighted by molar-refractivity contribution is 6.07. The smallest absolute Gasteiger partial charge is 0.272 e. The Morgan fingerprint density at radius 2 is 1.74 bits per heavy atom. The van der Waals surface area contributed by atoms with Crippen molar-refractivity contribution in [2.45, 2.75) is 6.42 Å². The van der Waals surface area contributed by atoms with Crippen molar-refractivity contribution in [2.24, 2.45) is 28.8 Å². The molecule has 7 heteroatoms. The van der Waals surface area contributed by atoms with E-state index < -0.39 is 4.92 Å². The molecule has 1 aromatic carbocycles. The average Bonchev–Trinajstić information content (AvgIpc) is 3.21. The van der Waals surface area contributed by atoms with E-state index in [1.165, 1.54) is 18.3 Å². The molecule has 116 valence electrons. The summed E-state index contributed by atoms with van der Waals surface area (Å²) in [5, 5.41) is 15.8. The van der Waals surface area contributed by atoms with Gasteiger partial charge >= 0.3 is 0 Å². The third kappa shape index (κ3) is 1.93. The number of allylic oxidation sites excluding steroid dienone is 2. The van der Waals surface area contributed by atoms with E-state index in [1.54, 1.807) is 12.1 Å². The van der Waals surface area contributed by atoms with Gasteiger partial charge in [-0.3, -0.25) is 19.7 Å². The van der Waals surface area contributed by atoms with Crippen molar-refractivity contribution >= 4 is 23.7 Å². The van der Waals surface area contributed by atoms with Crippen LogP contribution in [0.1, 0.15) is 12.0 Å². The lowest BCUT2D eigenvalue weighted by Gasteiger charge is -2.13. The van der Waals surface area contributed by atoms with Crippen LogP contribution in [0, 0.1) is 33.8 Å². The topological polar surface area (TPSA) is 92.9 Å². The van der Waals surface area contributed by atoms with E-state index in [1.807, 2.05) is 12.2 Å². The Kier molecular flexibility index (Phi) is 2.90. The van der Waals surface area contributed by atoms with Gasteiger partial charge in [-0.25, -0.2) is 0 Å². The standard InChI is InChI=1S/C16H13N3O4/c20-15-13-9-5-6-10(7-9)14(13)16(21)18(15)17-8-11-3-1-2-4-12(11)19(22)23/h1-6,8-10,13-14H,7H2/b17-8-/t9-,10-,13-,14-/m0/s1. The Morgan fingerprint density at radius 1 is 1.13 bits per heavy atom. The number of nitrogens with zero attached hydrogens (tertiary/aromatic N) is 3. The number of carbonyl (C=O) groups excluding carboxylic acids is 2. The molecule has 1 saturated heterocycles. The summed E-state index contributed by atoms with van der Waals surface area (Å²) in [5.41, 5.74) is 0.147. The Labute approximate surface area is 131 Å². The molecule has 0 unspecified atom stereocenters. The van der Waals surface area contributed by atoms with Gasteiger partial charge in [0.05, 0.1) is 28.5 Å². The molecule has 7 nitrogen and oxygen atoms in total. The number of amides is 2. The van der Waals surface area contributed by atoms with Gasteiger partial charge in [-0.2, -0.15) is 10.1 Å². The van der Waals surface area contributed by atoms with Crippen LogP contribution in [0.15, 0.2) is 41.5 Å². The lowest BCUT2D eigenvalue weighted by atomic mass is 9.85. The minimum absolute atomic E-state index is 0.114. The van der Waals surface area contributed by atoms with E-state index in [0.29, 0.717) is 0 Å². The number of carbonyl (C=O) groups is 2. The number of nitro benzene ring substituents is 1. The summed E-state index contributed by atoms with van der Waals surface area (Å²) < 4.78 is 0. The van der Waals surface area contributed by atoms with Gasteiger partial charge in [0.15, 0.2) is 0 Å². The third-order valence-electron chi connectivity index (χ3n) is 4.89. The van der Waals surface area contributed by atoms with Crippen LogP contribution in [0.3, 0.4) is 0 Å². The zero-order valence-electron chi connectivity index (χ0n) is 12.0. The molecular weight excluding hydrogens is 298 g/mol. The molecule has 1 aliphatic heterocycles. The van der Waals surface area contributed by atoms with Gasteiger partial charge in [-0.1, -0.05) is 24.3 Å². The number of fused-ring (bicyclic) bond motifs is 5. The molecule has 2 amide bonds. The molecule has 1 aromatic rings. The SMILES string of the molecule is O=C1[C@@H]2[C@@H](C(=O)N1/N=C\c1ccccc1[N+](=O)[O-])[C@H]1C=C[C@H]2C1. The maximum absolute atomic E-state index is 12.5. The van der Waals surface area contributed by atoms with E-state index in [-0.39, 0.29) is 46.7 Å². The van der Waals surface area contributed by atoms with E-state index in [0.717, 1.165) is 11.4 Å². The van der Waals surface area contributed by atoms with Gasteiger partial charge in [-0.05, 0) is 24.3 Å². The first kappa shape index (κ1) is 13.8. The Bertz CT molecular complexity index is 755. The molecule has 4 rings (SSSR count). The highest BCUT2D eigenvalue weighted by Crippen LogP contribution is 2.52. The molecular formula is C16H13N3O4. The quantitative estimate of drug-likeness (QED) is 0.279. The van der Waals surface area contributed by atoms with Crippen LogP contribution in [0.25, 0.3) is 0 Å². The van der Waals surface area contributed by atoms with Crippen LogP contribution in [-0.2, 0) is 9.59 Å². The Hall–Kier alpha value is -2.83. The first-order valence-corrected chi connectivity index (χ1v) is 7.41. The van der Waals surface area contributed by atoms with Gasteiger partial charge in [0.25, 0.3) is 17.5 Å². The molecule has 1 heterocycles. The molecule has 0 spiro atoms. The van der Waals surface area contributed by atoms with E-state index in [4.69, 9.17) is 0 Å². The van der Waals surface area contributed by atoms with Crippen molar-refractivity contribution in [3.8, 4) is 0 Å². The lowest BCUT2D eigenvalue weighted by molar-refractivity contribution is -0.385. The molecule has 3 aliphatic rings. The van der Waals surface area contributed by atoms with Crippen LogP contribution >= 0.6 is 0 Å². The second-order valence-electron chi connectivity index (χ2n) is 6.05. The second-order valence-corrected chi connectivity index (χ2v) is 6.05. The third-order valence-corrected chi connectivity index (χ3v) is 4.89. The molecule has 1 saturated carbocycles. The first-order chi connectivity index (χ1) is 11.1. The normalized spacial score (nSPS) is 31.4. The lowest BCUT2D eigenvalue weighted by Crippen LogP contribution is -2.28. The molecule has 2 fully saturated rings. The van der Waals surface area contributed by atoms with Crippen LogP contribution in [0.4, 0.5) is 5.69 Å². The average molecular weight is 311 g/mol. The van der Waals surface area contributed by atoms with Crippen LogP contribution in [0.2, 0.25) is 0 Å². The fourth-order valence-electron chi connectivity index (χ4n) is 3.88. The van der Waals surface area contributed by atoms with Gasteiger partial charge in [0.1, 0.15) is 0 Å². The van der Waals surface area contributed by atoms with Crippen molar-refractivity contribution in [2.75, 3.05) is 0 Å². The second kappa shape index (κ2) is 4.84. The first-order valence-electron chi connectivity index (χ1n) is 7.41. The summed E-state index contributed by atoms with van der Waals surface area (Å²) in [5.74, 6) is -1.00. The van der Waals surface area contributed by atoms with Crippen molar-refractivity contribution < 1.29 is 14.5 Å². The number of para-hydroxylation sites is 1. The van der Waals surface area contributed by atoms with Gasteiger partial charge in [0.2, 0.25) is 0 Å². The fourth-order valence-corrected chi connectivity index (χ4v) is 3.88. The largest absolute Gasteiger partial charge is 0.278 e. The summed E-state index contributed by atoms with van der Waals surface area (Å²) in [4.78, 5) is 35.4. The number of hydrazone groups is 1. The summed E-state index contributed by atoms with van der Waals surface area (Å²) in [6, 6.07) is 6.07. The number of rotatable bonds is 3. The highest BCUT2D eigenvalue weighted by atomic mass is 16.6. The van der Waals surface area contributed by atoms with Crippen LogP contribution in [-0.4, -0.2) is 28.0 Å². The van der Waals surface area contributed by atoms with Gasteiger partial charge < -0.3 is 0 Å². The van der Waals surface area contributed by atoms with Crippen molar-refractivity contribution in [3.05, 3.63) is 52.1 Å². The zero-order chi connectivity index (χ0) is 16.1. The van der Waals surface area contributed by atoms with E-state index in [9.17, 15) is 19.7 Å². The molecule has 0 aromatic heterocycles. The van der Waals surface area contributed by atoms with E-state index in [2.05, 4.69) is 5.10 Å². The molecule has 0 radical (unpaired) electrons. The van der Waals surface area contributed by atoms with Gasteiger partial charge in [-0.15, -0.1) is 0 Å². The number of benzene rings is 1. The maximum Gasteiger partial charge on any atom is 0.278 e. The maximum atomic E-state index is 12.5. The summed E-state index contributed by atoms with van der Waals surface area (Å²) in [6.07, 6.45) is 6.08. The van der Waals surface area contributed by atoms with Crippen molar-refractivity contribution in [1.82, 2.24) is 5.01 Å². The molecule has 2 bridgehead atoms. The predicted octanol–water partition coefficient (Wildman–Crippen LogP) is 1.74. The van der Waals surface area contributed by atoms with Crippen LogP contribution in [0.5, 0.6) is 0 Å². The fraction of sp³-hybridized carbons (Fsp3) is 0.312. The zero-order valence-corrected chi connectivity index (χ0v) is 12.0. The Morgan fingerprint density at radius 3 is 2.35 bits per heavy atom. The number of hydrogen-bond acceptors (Lipinski definition) is 5.